The van der Waals surface area contributed by atoms with Crippen molar-refractivity contribution >= 4 is 5.82 Å². The normalized spacial score (nSPS) is 10.4. The monoisotopic (exact) mass is 225 g/mol. The van der Waals surface area contributed by atoms with Gasteiger partial charge < -0.3 is 15.2 Å². The van der Waals surface area contributed by atoms with Crippen molar-refractivity contribution in [3.63, 3.8) is 0 Å². The van der Waals surface area contributed by atoms with Gasteiger partial charge in [0, 0.05) is 6.61 Å². The van der Waals surface area contributed by atoms with Crippen LogP contribution in [0, 0.1) is 0 Å². The van der Waals surface area contributed by atoms with E-state index in [4.69, 9.17) is 15.2 Å². The van der Waals surface area contributed by atoms with Crippen molar-refractivity contribution in [2.45, 2.75) is 26.7 Å². The molecule has 1 aromatic heterocycles. The molecule has 0 aliphatic rings. The summed E-state index contributed by atoms with van der Waals surface area (Å²) in [7, 11) is 0. The quantitative estimate of drug-likeness (QED) is 0.711. The fraction of sp³-hybridized carbons (Fsp3) is 0.636. The van der Waals surface area contributed by atoms with E-state index in [1.165, 1.54) is 6.33 Å². The van der Waals surface area contributed by atoms with Crippen LogP contribution in [0.5, 0.6) is 5.88 Å². The predicted octanol–water partition coefficient (Wildman–Crippen LogP) is 1.43. The summed E-state index contributed by atoms with van der Waals surface area (Å²) in [5, 5.41) is 0. The van der Waals surface area contributed by atoms with Crippen LogP contribution in [0.4, 0.5) is 5.82 Å². The van der Waals surface area contributed by atoms with Crippen molar-refractivity contribution in [3.8, 4) is 5.88 Å². The summed E-state index contributed by atoms with van der Waals surface area (Å²) >= 11 is 0. The highest BCUT2D eigenvalue weighted by atomic mass is 16.5. The molecular weight excluding hydrogens is 206 g/mol. The molecule has 0 spiro atoms. The van der Waals surface area contributed by atoms with Gasteiger partial charge in [0.05, 0.1) is 12.2 Å². The largest absolute Gasteiger partial charge is 0.475 e. The highest BCUT2D eigenvalue weighted by molar-refractivity contribution is 5.44. The number of aromatic nitrogens is 2. The first-order valence-electron chi connectivity index (χ1n) is 5.59. The second-order valence-electron chi connectivity index (χ2n) is 3.34. The fourth-order valence-corrected chi connectivity index (χ4v) is 1.36. The Morgan fingerprint density at radius 1 is 1.25 bits per heavy atom. The van der Waals surface area contributed by atoms with Crippen molar-refractivity contribution in [2.75, 3.05) is 25.6 Å². The molecule has 1 heterocycles. The molecule has 1 aromatic rings. The molecule has 0 bridgehead atoms. The standard InChI is InChI=1S/C11H19N3O2/c1-3-5-9-10(12)13-8-14-11(9)16-7-6-15-4-2/h8H,3-7H2,1-2H3,(H2,12,13,14). The highest BCUT2D eigenvalue weighted by Crippen LogP contribution is 2.20. The van der Waals surface area contributed by atoms with Gasteiger partial charge in [0.2, 0.25) is 5.88 Å². The molecule has 0 saturated heterocycles. The minimum atomic E-state index is 0.487. The molecule has 5 heteroatoms. The van der Waals surface area contributed by atoms with Crippen molar-refractivity contribution in [1.82, 2.24) is 9.97 Å². The van der Waals surface area contributed by atoms with Gasteiger partial charge in [0.25, 0.3) is 0 Å². The zero-order valence-corrected chi connectivity index (χ0v) is 9.90. The summed E-state index contributed by atoms with van der Waals surface area (Å²) in [4.78, 5) is 8.05. The first-order chi connectivity index (χ1) is 7.79. The van der Waals surface area contributed by atoms with Gasteiger partial charge in [0.1, 0.15) is 18.8 Å². The number of hydrogen-bond acceptors (Lipinski definition) is 5. The van der Waals surface area contributed by atoms with Crippen LogP contribution in [0.1, 0.15) is 25.8 Å². The molecule has 0 saturated carbocycles. The minimum Gasteiger partial charge on any atom is -0.475 e. The molecule has 0 aliphatic heterocycles. The highest BCUT2D eigenvalue weighted by Gasteiger charge is 2.09. The summed E-state index contributed by atoms with van der Waals surface area (Å²) in [6, 6.07) is 0. The summed E-state index contributed by atoms with van der Waals surface area (Å²) in [6.45, 7) is 5.77. The van der Waals surface area contributed by atoms with Gasteiger partial charge in [-0.3, -0.25) is 0 Å². The molecule has 16 heavy (non-hydrogen) atoms. The number of nitrogens with zero attached hydrogens (tertiary/aromatic N) is 2. The van der Waals surface area contributed by atoms with Gasteiger partial charge in [-0.25, -0.2) is 9.97 Å². The Morgan fingerprint density at radius 2 is 2.06 bits per heavy atom. The van der Waals surface area contributed by atoms with Crippen molar-refractivity contribution < 1.29 is 9.47 Å². The van der Waals surface area contributed by atoms with Crippen molar-refractivity contribution in [2.24, 2.45) is 0 Å². The predicted molar refractivity (Wildman–Crippen MR) is 62.4 cm³/mol. The lowest BCUT2D eigenvalue weighted by Crippen LogP contribution is -2.10. The van der Waals surface area contributed by atoms with Crippen LogP contribution in [0.2, 0.25) is 0 Å². The SMILES string of the molecule is CCCc1c(N)ncnc1OCCOCC. The molecule has 90 valence electrons. The molecule has 0 atom stereocenters. The van der Waals surface area contributed by atoms with E-state index in [2.05, 4.69) is 16.9 Å². The van der Waals surface area contributed by atoms with E-state index < -0.39 is 0 Å². The molecule has 0 radical (unpaired) electrons. The number of ether oxygens (including phenoxy) is 2. The number of hydrogen-bond donors (Lipinski definition) is 1. The van der Waals surface area contributed by atoms with E-state index in [-0.39, 0.29) is 0 Å². The topological polar surface area (TPSA) is 70.3 Å². The maximum absolute atomic E-state index is 5.78. The van der Waals surface area contributed by atoms with Gasteiger partial charge in [-0.05, 0) is 13.3 Å². The molecule has 5 nitrogen and oxygen atoms in total. The van der Waals surface area contributed by atoms with Crippen LogP contribution < -0.4 is 10.5 Å². The molecule has 0 fully saturated rings. The van der Waals surface area contributed by atoms with Crippen molar-refractivity contribution in [1.29, 1.82) is 0 Å². The first-order valence-corrected chi connectivity index (χ1v) is 5.59. The van der Waals surface area contributed by atoms with E-state index in [9.17, 15) is 0 Å². The first kappa shape index (κ1) is 12.7. The number of nitrogens with two attached hydrogens (primary N) is 1. The van der Waals surface area contributed by atoms with Crippen LogP contribution in [-0.2, 0) is 11.2 Å². The average molecular weight is 225 g/mol. The Labute approximate surface area is 96.0 Å². The van der Waals surface area contributed by atoms with Crippen LogP contribution >= 0.6 is 0 Å². The Kier molecular flexibility index (Phi) is 5.56. The zero-order valence-electron chi connectivity index (χ0n) is 9.90. The Morgan fingerprint density at radius 3 is 2.75 bits per heavy atom. The summed E-state index contributed by atoms with van der Waals surface area (Å²) in [6.07, 6.45) is 3.24. The number of nitrogen functional groups attached to an aromatic ring is 1. The van der Waals surface area contributed by atoms with E-state index in [0.29, 0.717) is 31.5 Å². The minimum absolute atomic E-state index is 0.487. The second kappa shape index (κ2) is 7.00. The molecule has 2 N–H and O–H groups in total. The molecule has 0 amide bonds. The Hall–Kier alpha value is -1.36. The second-order valence-corrected chi connectivity index (χ2v) is 3.34. The number of rotatable bonds is 7. The summed E-state index contributed by atoms with van der Waals surface area (Å²) in [5.41, 5.74) is 6.67. The third-order valence-electron chi connectivity index (χ3n) is 2.11. The lowest BCUT2D eigenvalue weighted by atomic mass is 10.2. The lowest BCUT2D eigenvalue weighted by molar-refractivity contribution is 0.108. The van der Waals surface area contributed by atoms with E-state index in [1.54, 1.807) is 0 Å². The maximum atomic E-state index is 5.78. The van der Waals surface area contributed by atoms with Crippen molar-refractivity contribution in [3.05, 3.63) is 11.9 Å². The van der Waals surface area contributed by atoms with Gasteiger partial charge in [-0.15, -0.1) is 0 Å². The zero-order chi connectivity index (χ0) is 11.8. The van der Waals surface area contributed by atoms with Crippen LogP contribution in [0.15, 0.2) is 6.33 Å². The lowest BCUT2D eigenvalue weighted by Gasteiger charge is -2.10. The van der Waals surface area contributed by atoms with Crippen LogP contribution in [-0.4, -0.2) is 29.8 Å². The molecule has 1 rings (SSSR count). The summed E-state index contributed by atoms with van der Waals surface area (Å²) in [5.74, 6) is 1.08. The van der Waals surface area contributed by atoms with Gasteiger partial charge in [-0.1, -0.05) is 13.3 Å². The Balaban J connectivity index is 2.59. The fourth-order valence-electron chi connectivity index (χ4n) is 1.36. The number of anilines is 1. The van der Waals surface area contributed by atoms with E-state index >= 15 is 0 Å². The van der Waals surface area contributed by atoms with Gasteiger partial charge >= 0.3 is 0 Å². The smallest absolute Gasteiger partial charge is 0.221 e. The van der Waals surface area contributed by atoms with Gasteiger partial charge in [-0.2, -0.15) is 0 Å². The average Bonchev–Trinajstić information content (AvgIpc) is 2.29. The van der Waals surface area contributed by atoms with E-state index in [0.717, 1.165) is 18.4 Å². The summed E-state index contributed by atoms with van der Waals surface area (Å²) < 4.78 is 10.7. The molecular formula is C11H19N3O2. The third kappa shape index (κ3) is 3.66. The van der Waals surface area contributed by atoms with Crippen LogP contribution in [0.25, 0.3) is 0 Å². The van der Waals surface area contributed by atoms with Crippen LogP contribution in [0.3, 0.4) is 0 Å². The Bertz CT molecular complexity index is 318. The van der Waals surface area contributed by atoms with E-state index in [1.807, 2.05) is 6.92 Å². The molecule has 0 aliphatic carbocycles. The van der Waals surface area contributed by atoms with Gasteiger partial charge in [0.15, 0.2) is 0 Å². The third-order valence-corrected chi connectivity index (χ3v) is 2.11. The molecule has 0 aromatic carbocycles. The maximum Gasteiger partial charge on any atom is 0.221 e. The molecule has 0 unspecified atom stereocenters.